The fraction of sp³-hybridized carbons (Fsp3) is 0.500. The number of hydrogen-bond acceptors (Lipinski definition) is 1. The van der Waals surface area contributed by atoms with Crippen LogP contribution in [0, 0.1) is 0 Å². The molecule has 2 nitrogen and oxygen atoms in total. The molecule has 0 amide bonds. The lowest BCUT2D eigenvalue weighted by atomic mass is 11.6. The molecule has 0 saturated heterocycles. The molecule has 0 aliphatic heterocycles. The van der Waals surface area contributed by atoms with Crippen LogP contribution in [0.3, 0.4) is 0 Å². The molecule has 0 aromatic heterocycles. The second-order valence-corrected chi connectivity index (χ2v) is 1.70. The van der Waals surface area contributed by atoms with E-state index in [1.165, 1.54) is 0 Å². The molecule has 0 aromatic rings. The summed E-state index contributed by atoms with van der Waals surface area (Å²) in [5.41, 5.74) is -0.662. The van der Waals surface area contributed by atoms with Gasteiger partial charge >= 0.3 is 5.71 Å². The molecule has 0 aromatic carbocycles. The molecule has 0 heterocycles. The lowest BCUT2D eigenvalue weighted by molar-refractivity contribution is 0.221. The maximum Gasteiger partial charge on any atom is 0.442 e. The van der Waals surface area contributed by atoms with Crippen LogP contribution < -0.4 is 0 Å². The van der Waals surface area contributed by atoms with Crippen LogP contribution in [0.25, 0.3) is 0 Å². The molecule has 0 radical (unpaired) electrons. The summed E-state index contributed by atoms with van der Waals surface area (Å²) in [5, 5.41) is 7.76. The van der Waals surface area contributed by atoms with Gasteiger partial charge < -0.3 is 5.11 Å². The highest BCUT2D eigenvalue weighted by atomic mass is 31.1. The number of hydrogen-bond donors (Lipinski definition) is 1. The van der Waals surface area contributed by atoms with Crippen molar-refractivity contribution in [3.05, 3.63) is 0 Å². The summed E-state index contributed by atoms with van der Waals surface area (Å²) in [5.74, 6) is 0. The summed E-state index contributed by atoms with van der Waals surface area (Å²) in [6.45, 7) is 1.68. The predicted octanol–water partition coefficient (Wildman–Crippen LogP) is 0.705. The topological polar surface area (TPSA) is 37.3 Å². The van der Waals surface area contributed by atoms with Gasteiger partial charge in [-0.05, 0) is 0 Å². The molecule has 0 bridgehead atoms. The van der Waals surface area contributed by atoms with E-state index in [1.54, 1.807) is 6.66 Å². The van der Waals surface area contributed by atoms with Crippen molar-refractivity contribution in [1.82, 2.24) is 0 Å². The summed E-state index contributed by atoms with van der Waals surface area (Å²) < 4.78 is 0. The van der Waals surface area contributed by atoms with E-state index in [1.807, 2.05) is 0 Å². The highest BCUT2D eigenvalue weighted by Crippen LogP contribution is 1.99. The molecular weight excluding hydrogens is 87.0 g/mol. The number of carbonyl (C=O) groups is 1. The third-order valence-corrected chi connectivity index (χ3v) is 0.741. The van der Waals surface area contributed by atoms with E-state index < -0.39 is 5.71 Å². The van der Waals surface area contributed by atoms with Gasteiger partial charge in [-0.15, -0.1) is 0 Å². The van der Waals surface area contributed by atoms with Crippen molar-refractivity contribution >= 4 is 14.3 Å². The van der Waals surface area contributed by atoms with E-state index in [9.17, 15) is 4.79 Å². The Labute approximate surface area is 32.0 Å². The van der Waals surface area contributed by atoms with Crippen molar-refractivity contribution in [2.45, 2.75) is 0 Å². The van der Waals surface area contributed by atoms with Gasteiger partial charge in [0.2, 0.25) is 0 Å². The summed E-state index contributed by atoms with van der Waals surface area (Å²) >= 11 is 0. The summed E-state index contributed by atoms with van der Waals surface area (Å²) in [6.07, 6.45) is 0. The maximum atomic E-state index is 9.41. The lowest BCUT2D eigenvalue weighted by Gasteiger charge is -1.63. The van der Waals surface area contributed by atoms with Gasteiger partial charge in [-0.3, -0.25) is 0 Å². The number of rotatable bonds is 1. The van der Waals surface area contributed by atoms with E-state index in [2.05, 4.69) is 0 Å². The van der Waals surface area contributed by atoms with Crippen LogP contribution in [0.5, 0.6) is 0 Å². The average molecular weight is 93.0 g/mol. The first-order chi connectivity index (χ1) is 2.27. The van der Waals surface area contributed by atoms with E-state index in [-0.39, 0.29) is 8.58 Å². The van der Waals surface area contributed by atoms with Crippen molar-refractivity contribution in [3.8, 4) is 0 Å². The first-order valence-electron chi connectivity index (χ1n) is 1.29. The Hall–Kier alpha value is -0.100. The van der Waals surface area contributed by atoms with Crippen molar-refractivity contribution in [3.63, 3.8) is 0 Å². The van der Waals surface area contributed by atoms with E-state index in [0.29, 0.717) is 0 Å². The maximum absolute atomic E-state index is 9.41. The molecular formula is C2H6O2P+. The Morgan fingerprint density at radius 2 is 2.20 bits per heavy atom. The van der Waals surface area contributed by atoms with Gasteiger partial charge in [0, 0.05) is 0 Å². The first-order valence-corrected chi connectivity index (χ1v) is 3.03. The summed E-state index contributed by atoms with van der Waals surface area (Å²) in [4.78, 5) is 9.41. The molecule has 30 valence electrons. The van der Waals surface area contributed by atoms with Gasteiger partial charge in [0.15, 0.2) is 0 Å². The Kier molecular flexibility index (Phi) is 2.11. The zero-order chi connectivity index (χ0) is 4.28. The largest absolute Gasteiger partial charge is 0.452 e. The SMILES string of the molecule is C[PH2+]C(=O)O. The minimum absolute atomic E-state index is 0.352. The van der Waals surface area contributed by atoms with Gasteiger partial charge in [-0.25, -0.2) is 4.79 Å². The standard InChI is InChI=1S/C2H5O2P/c1-5-2(3)4/h5H,1H3,(H,3,4)/p+1. The van der Waals surface area contributed by atoms with E-state index in [4.69, 9.17) is 5.11 Å². The van der Waals surface area contributed by atoms with Gasteiger partial charge in [0.05, 0.1) is 6.66 Å². The average Bonchev–Trinajstić information content (AvgIpc) is 1.38. The highest BCUT2D eigenvalue weighted by molar-refractivity contribution is 7.56. The minimum Gasteiger partial charge on any atom is -0.452 e. The fourth-order valence-electron chi connectivity index (χ4n) is 0. The molecule has 0 rings (SSSR count). The highest BCUT2D eigenvalue weighted by Gasteiger charge is 1.90. The molecule has 3 heteroatoms. The molecule has 0 fully saturated rings. The van der Waals surface area contributed by atoms with Crippen LogP contribution in [0.2, 0.25) is 0 Å². The quantitative estimate of drug-likeness (QED) is 0.484. The Morgan fingerprint density at radius 1 is 2.00 bits per heavy atom. The fourth-order valence-corrected chi connectivity index (χ4v) is 0. The first kappa shape index (κ1) is 4.90. The lowest BCUT2D eigenvalue weighted by Crippen LogP contribution is -1.72. The van der Waals surface area contributed by atoms with Gasteiger partial charge in [-0.2, -0.15) is 0 Å². The molecule has 1 atom stereocenters. The van der Waals surface area contributed by atoms with Crippen LogP contribution >= 0.6 is 8.58 Å². The van der Waals surface area contributed by atoms with Crippen LogP contribution in [0.15, 0.2) is 0 Å². The second kappa shape index (κ2) is 2.16. The van der Waals surface area contributed by atoms with Gasteiger partial charge in [-0.1, -0.05) is 0 Å². The van der Waals surface area contributed by atoms with Crippen molar-refractivity contribution in [2.75, 3.05) is 6.66 Å². The van der Waals surface area contributed by atoms with Gasteiger partial charge in [0.1, 0.15) is 8.58 Å². The van der Waals surface area contributed by atoms with Crippen LogP contribution in [0.1, 0.15) is 0 Å². The zero-order valence-corrected chi connectivity index (χ0v) is 4.09. The third-order valence-electron chi connectivity index (χ3n) is 0.247. The van der Waals surface area contributed by atoms with Crippen molar-refractivity contribution < 1.29 is 9.90 Å². The number of carboxylic acid groups (broad SMARTS) is 1. The van der Waals surface area contributed by atoms with Gasteiger partial charge in [0.25, 0.3) is 0 Å². The molecule has 1 unspecified atom stereocenters. The predicted molar refractivity (Wildman–Crippen MR) is 23.7 cm³/mol. The smallest absolute Gasteiger partial charge is 0.442 e. The van der Waals surface area contributed by atoms with E-state index >= 15 is 0 Å². The monoisotopic (exact) mass is 93.0 g/mol. The molecule has 5 heavy (non-hydrogen) atoms. The van der Waals surface area contributed by atoms with E-state index in [0.717, 1.165) is 0 Å². The Morgan fingerprint density at radius 3 is 2.20 bits per heavy atom. The normalized spacial score (nSPS) is 9.80. The minimum atomic E-state index is -0.662. The molecule has 0 saturated carbocycles. The summed E-state index contributed by atoms with van der Waals surface area (Å²) in [6, 6.07) is 0. The van der Waals surface area contributed by atoms with Crippen LogP contribution in [-0.2, 0) is 0 Å². The zero-order valence-electron chi connectivity index (χ0n) is 2.93. The van der Waals surface area contributed by atoms with Crippen LogP contribution in [-0.4, -0.2) is 17.5 Å². The molecule has 0 spiro atoms. The van der Waals surface area contributed by atoms with Crippen LogP contribution in [0.4, 0.5) is 4.79 Å². The molecule has 0 aliphatic carbocycles. The second-order valence-electron chi connectivity index (χ2n) is 0.627. The van der Waals surface area contributed by atoms with Crippen molar-refractivity contribution in [1.29, 1.82) is 0 Å². The Bertz CT molecular complexity index is 42.9. The third kappa shape index (κ3) is 3.90. The Balaban J connectivity index is 2.85. The molecule has 1 N–H and O–H groups in total. The summed E-state index contributed by atoms with van der Waals surface area (Å²) in [7, 11) is -0.352. The molecule has 0 aliphatic rings. The van der Waals surface area contributed by atoms with Crippen molar-refractivity contribution in [2.24, 2.45) is 0 Å².